The van der Waals surface area contributed by atoms with Crippen LogP contribution >= 0.6 is 11.3 Å². The number of nitrogens with one attached hydrogen (secondary N) is 1. The van der Waals surface area contributed by atoms with E-state index >= 15 is 0 Å². The molecule has 3 nitrogen and oxygen atoms in total. The van der Waals surface area contributed by atoms with E-state index in [1.165, 1.54) is 4.88 Å². The second-order valence-corrected chi connectivity index (χ2v) is 4.83. The smallest absolute Gasteiger partial charge is 0.267 e. The number of hydrogen-bond donors (Lipinski definition) is 1. The van der Waals surface area contributed by atoms with Gasteiger partial charge < -0.3 is 0 Å². The molecule has 1 amide bonds. The van der Waals surface area contributed by atoms with E-state index in [0.29, 0.717) is 5.56 Å². The van der Waals surface area contributed by atoms with E-state index in [1.54, 1.807) is 29.7 Å². The number of hydrazone groups is 1. The molecule has 1 N–H and O–H groups in total. The summed E-state index contributed by atoms with van der Waals surface area (Å²) in [6.45, 7) is 2.03. The molecule has 2 aromatic rings. The highest BCUT2D eigenvalue weighted by Crippen LogP contribution is 2.12. The first-order chi connectivity index (χ1) is 8.25. The molecular weight excluding hydrogens is 232 g/mol. The predicted octanol–water partition coefficient (Wildman–Crippen LogP) is 2.82. The number of amides is 1. The minimum Gasteiger partial charge on any atom is -0.267 e. The van der Waals surface area contributed by atoms with Crippen LogP contribution in [-0.2, 0) is 0 Å². The van der Waals surface area contributed by atoms with E-state index in [2.05, 4.69) is 10.5 Å². The van der Waals surface area contributed by atoms with Crippen molar-refractivity contribution < 1.29 is 4.79 Å². The van der Waals surface area contributed by atoms with Crippen LogP contribution in [0.25, 0.3) is 0 Å². The lowest BCUT2D eigenvalue weighted by Crippen LogP contribution is -2.17. The molecular formula is C13H12N2OS. The van der Waals surface area contributed by atoms with Crippen LogP contribution < -0.4 is 5.43 Å². The van der Waals surface area contributed by atoms with E-state index in [-0.39, 0.29) is 5.91 Å². The van der Waals surface area contributed by atoms with Crippen LogP contribution in [0.4, 0.5) is 0 Å². The molecule has 1 heterocycles. The van der Waals surface area contributed by atoms with Crippen LogP contribution in [0.5, 0.6) is 0 Å². The number of thiophene rings is 1. The fourth-order valence-electron chi connectivity index (χ4n) is 1.33. The Morgan fingerprint density at radius 3 is 2.65 bits per heavy atom. The average Bonchev–Trinajstić information content (AvgIpc) is 2.76. The zero-order valence-electron chi connectivity index (χ0n) is 9.38. The van der Waals surface area contributed by atoms with Gasteiger partial charge in [0.2, 0.25) is 0 Å². The van der Waals surface area contributed by atoms with Crippen molar-refractivity contribution in [2.75, 3.05) is 0 Å². The molecule has 0 radical (unpaired) electrons. The summed E-state index contributed by atoms with van der Waals surface area (Å²) >= 11 is 1.63. The first-order valence-corrected chi connectivity index (χ1v) is 6.02. The molecule has 0 aliphatic rings. The van der Waals surface area contributed by atoms with Gasteiger partial charge in [0, 0.05) is 15.3 Å². The number of carbonyl (C=O) groups is 1. The summed E-state index contributed by atoms with van der Waals surface area (Å²) in [5.74, 6) is -0.199. The fraction of sp³-hybridized carbons (Fsp3) is 0.0769. The molecule has 1 aromatic heterocycles. The highest BCUT2D eigenvalue weighted by atomic mass is 32.1. The molecule has 17 heavy (non-hydrogen) atoms. The van der Waals surface area contributed by atoms with Gasteiger partial charge >= 0.3 is 0 Å². The SMILES string of the molecule is Cc1ccc(/C=N\NC(=O)c2ccccc2)s1. The minimum atomic E-state index is -0.199. The Morgan fingerprint density at radius 1 is 1.24 bits per heavy atom. The van der Waals surface area contributed by atoms with Gasteiger partial charge in [-0.2, -0.15) is 5.10 Å². The quantitative estimate of drug-likeness (QED) is 0.654. The van der Waals surface area contributed by atoms with Crippen LogP contribution in [0, 0.1) is 6.92 Å². The van der Waals surface area contributed by atoms with Crippen molar-refractivity contribution in [3.05, 3.63) is 57.8 Å². The molecule has 0 bridgehead atoms. The summed E-state index contributed by atoms with van der Waals surface area (Å²) in [5.41, 5.74) is 3.10. The predicted molar refractivity (Wildman–Crippen MR) is 70.6 cm³/mol. The van der Waals surface area contributed by atoms with E-state index in [4.69, 9.17) is 0 Å². The summed E-state index contributed by atoms with van der Waals surface area (Å²) in [6.07, 6.45) is 1.65. The molecule has 0 atom stereocenters. The Morgan fingerprint density at radius 2 is 2.00 bits per heavy atom. The van der Waals surface area contributed by atoms with Crippen molar-refractivity contribution in [3.63, 3.8) is 0 Å². The molecule has 86 valence electrons. The van der Waals surface area contributed by atoms with Crippen molar-refractivity contribution >= 4 is 23.5 Å². The van der Waals surface area contributed by atoms with Crippen LogP contribution in [-0.4, -0.2) is 12.1 Å². The summed E-state index contributed by atoms with van der Waals surface area (Å²) in [7, 11) is 0. The summed E-state index contributed by atoms with van der Waals surface area (Å²) in [6, 6.07) is 13.0. The minimum absolute atomic E-state index is 0.199. The summed E-state index contributed by atoms with van der Waals surface area (Å²) in [5, 5.41) is 3.92. The van der Waals surface area contributed by atoms with Gasteiger partial charge in [-0.05, 0) is 31.2 Å². The summed E-state index contributed by atoms with van der Waals surface area (Å²) in [4.78, 5) is 13.9. The topological polar surface area (TPSA) is 41.5 Å². The van der Waals surface area contributed by atoms with E-state index in [9.17, 15) is 4.79 Å². The first kappa shape index (κ1) is 11.5. The van der Waals surface area contributed by atoms with Crippen LogP contribution in [0.3, 0.4) is 0 Å². The number of nitrogens with zero attached hydrogens (tertiary/aromatic N) is 1. The molecule has 0 unspecified atom stereocenters. The molecule has 2 rings (SSSR count). The largest absolute Gasteiger partial charge is 0.271 e. The van der Waals surface area contributed by atoms with Gasteiger partial charge in [-0.1, -0.05) is 18.2 Å². The van der Waals surface area contributed by atoms with Crippen LogP contribution in [0.2, 0.25) is 0 Å². The first-order valence-electron chi connectivity index (χ1n) is 5.20. The Hall–Kier alpha value is -1.94. The molecule has 1 aromatic carbocycles. The van der Waals surface area contributed by atoms with Crippen molar-refractivity contribution in [1.82, 2.24) is 5.43 Å². The maximum absolute atomic E-state index is 11.6. The Balaban J connectivity index is 1.95. The van der Waals surface area contributed by atoms with Gasteiger partial charge in [0.1, 0.15) is 0 Å². The molecule has 0 saturated carbocycles. The van der Waals surface area contributed by atoms with Crippen LogP contribution in [0.1, 0.15) is 20.1 Å². The second-order valence-electron chi connectivity index (χ2n) is 3.51. The van der Waals surface area contributed by atoms with Crippen molar-refractivity contribution in [2.45, 2.75) is 6.92 Å². The van der Waals surface area contributed by atoms with Crippen molar-refractivity contribution in [1.29, 1.82) is 0 Å². The number of rotatable bonds is 3. The van der Waals surface area contributed by atoms with Gasteiger partial charge in [0.05, 0.1) is 6.21 Å². The Labute approximate surface area is 104 Å². The molecule has 0 fully saturated rings. The van der Waals surface area contributed by atoms with Crippen LogP contribution in [0.15, 0.2) is 47.6 Å². The van der Waals surface area contributed by atoms with E-state index in [1.807, 2.05) is 37.3 Å². The highest BCUT2D eigenvalue weighted by Gasteiger charge is 2.01. The van der Waals surface area contributed by atoms with E-state index < -0.39 is 0 Å². The Kier molecular flexibility index (Phi) is 3.67. The van der Waals surface area contributed by atoms with Gasteiger partial charge in [0.15, 0.2) is 0 Å². The third kappa shape index (κ3) is 3.26. The normalized spacial score (nSPS) is 10.6. The lowest BCUT2D eigenvalue weighted by Gasteiger charge is -1.97. The maximum atomic E-state index is 11.6. The van der Waals surface area contributed by atoms with Crippen molar-refractivity contribution in [3.8, 4) is 0 Å². The maximum Gasteiger partial charge on any atom is 0.271 e. The summed E-state index contributed by atoms with van der Waals surface area (Å²) < 4.78 is 0. The third-order valence-electron chi connectivity index (χ3n) is 2.16. The molecule has 4 heteroatoms. The lowest BCUT2D eigenvalue weighted by molar-refractivity contribution is 0.0955. The van der Waals surface area contributed by atoms with Gasteiger partial charge in [-0.3, -0.25) is 4.79 Å². The number of aryl methyl sites for hydroxylation is 1. The zero-order chi connectivity index (χ0) is 12.1. The molecule has 0 saturated heterocycles. The number of carbonyl (C=O) groups excluding carboxylic acids is 1. The van der Waals surface area contributed by atoms with E-state index in [0.717, 1.165) is 4.88 Å². The second kappa shape index (κ2) is 5.41. The monoisotopic (exact) mass is 244 g/mol. The zero-order valence-corrected chi connectivity index (χ0v) is 10.2. The van der Waals surface area contributed by atoms with Gasteiger partial charge in [-0.25, -0.2) is 5.43 Å². The molecule has 0 aliphatic heterocycles. The fourth-order valence-corrected chi connectivity index (χ4v) is 2.08. The molecule has 0 aliphatic carbocycles. The van der Waals surface area contributed by atoms with Crippen molar-refractivity contribution in [2.24, 2.45) is 5.10 Å². The third-order valence-corrected chi connectivity index (χ3v) is 3.09. The van der Waals surface area contributed by atoms with Gasteiger partial charge in [0.25, 0.3) is 5.91 Å². The highest BCUT2D eigenvalue weighted by molar-refractivity contribution is 7.13. The Bertz CT molecular complexity index is 531. The lowest BCUT2D eigenvalue weighted by atomic mass is 10.2. The standard InChI is InChI=1S/C13H12N2OS/c1-10-7-8-12(17-10)9-14-15-13(16)11-5-3-2-4-6-11/h2-9H,1H3,(H,15,16)/b14-9-. The molecule has 0 spiro atoms. The average molecular weight is 244 g/mol. The van der Waals surface area contributed by atoms with Gasteiger partial charge in [-0.15, -0.1) is 11.3 Å². The number of benzene rings is 1. The number of hydrogen-bond acceptors (Lipinski definition) is 3.